The number of ether oxygens (including phenoxy) is 2. The molecule has 2 aromatic carbocycles. The number of fused-ring (bicyclic) bond motifs is 1. The summed E-state index contributed by atoms with van der Waals surface area (Å²) in [4.78, 5) is 24.0. The molecule has 2 N–H and O–H groups in total. The normalized spacial score (nSPS) is 15.0. The smallest absolute Gasteiger partial charge is 0.244 e. The fourth-order valence-electron chi connectivity index (χ4n) is 2.98. The van der Waals surface area contributed by atoms with Gasteiger partial charge in [0.1, 0.15) is 17.6 Å². The Morgan fingerprint density at radius 1 is 1.25 bits per heavy atom. The van der Waals surface area contributed by atoms with Gasteiger partial charge in [0.05, 0.1) is 13.2 Å². The molecule has 0 saturated carbocycles. The molecule has 2 amide bonds. The minimum atomic E-state index is -0.361. The molecule has 0 aromatic heterocycles. The molecule has 0 bridgehead atoms. The van der Waals surface area contributed by atoms with E-state index >= 15 is 0 Å². The lowest BCUT2D eigenvalue weighted by Gasteiger charge is -2.10. The molecule has 6 heteroatoms. The summed E-state index contributed by atoms with van der Waals surface area (Å²) in [7, 11) is 0. The Morgan fingerprint density at radius 2 is 2.04 bits per heavy atom. The number of carbonyl (C=O) groups excluding carboxylic acids is 2. The van der Waals surface area contributed by atoms with Crippen LogP contribution in [0.2, 0.25) is 0 Å². The first-order valence-corrected chi connectivity index (χ1v) is 9.32. The minimum absolute atomic E-state index is 0.110. The molecule has 2 aromatic rings. The van der Waals surface area contributed by atoms with Crippen LogP contribution >= 0.6 is 0 Å². The Morgan fingerprint density at radius 3 is 2.79 bits per heavy atom. The topological polar surface area (TPSA) is 76.7 Å². The Hall–Kier alpha value is -3.28. The maximum Gasteiger partial charge on any atom is 0.244 e. The number of para-hydroxylation sites is 1. The summed E-state index contributed by atoms with van der Waals surface area (Å²) in [6.45, 7) is 4.35. The second-order valence-electron chi connectivity index (χ2n) is 6.53. The highest BCUT2D eigenvalue weighted by Gasteiger charge is 2.21. The summed E-state index contributed by atoms with van der Waals surface area (Å²) in [5, 5.41) is 5.29. The predicted molar refractivity (Wildman–Crippen MR) is 109 cm³/mol. The maximum atomic E-state index is 12.1. The van der Waals surface area contributed by atoms with Gasteiger partial charge in [0.25, 0.3) is 0 Å². The Kier molecular flexibility index (Phi) is 6.32. The standard InChI is InChI=1S/C22H24N2O4/c1-3-27-19-13-17-11-15(2)28-20(17)12-16(19)9-10-21(25)23-14-22(26)24-18-7-5-4-6-8-18/h4-10,12-13,15H,3,11,14H2,1-2H3,(H,23,25)(H,24,26). The molecule has 28 heavy (non-hydrogen) atoms. The van der Waals surface area contributed by atoms with Crippen molar-refractivity contribution in [1.29, 1.82) is 0 Å². The van der Waals surface area contributed by atoms with Crippen molar-refractivity contribution in [1.82, 2.24) is 5.32 Å². The first-order valence-electron chi connectivity index (χ1n) is 9.32. The molecule has 1 aliphatic heterocycles. The number of hydrogen-bond donors (Lipinski definition) is 2. The zero-order valence-corrected chi connectivity index (χ0v) is 16.0. The highest BCUT2D eigenvalue weighted by atomic mass is 16.5. The first-order chi connectivity index (χ1) is 13.5. The number of hydrogen-bond acceptors (Lipinski definition) is 4. The van der Waals surface area contributed by atoms with Crippen LogP contribution in [-0.2, 0) is 16.0 Å². The van der Waals surface area contributed by atoms with E-state index in [9.17, 15) is 9.59 Å². The van der Waals surface area contributed by atoms with Crippen LogP contribution in [0.15, 0.2) is 48.5 Å². The summed E-state index contributed by atoms with van der Waals surface area (Å²) in [6, 6.07) is 12.9. The first kappa shape index (κ1) is 19.5. The third-order valence-electron chi connectivity index (χ3n) is 4.22. The third kappa shape index (κ3) is 5.13. The van der Waals surface area contributed by atoms with Crippen molar-refractivity contribution >= 4 is 23.6 Å². The van der Waals surface area contributed by atoms with E-state index < -0.39 is 0 Å². The van der Waals surface area contributed by atoms with Crippen LogP contribution in [-0.4, -0.2) is 31.1 Å². The lowest BCUT2D eigenvalue weighted by molar-refractivity contribution is -0.121. The number of anilines is 1. The van der Waals surface area contributed by atoms with Crippen LogP contribution < -0.4 is 20.1 Å². The van der Waals surface area contributed by atoms with Crippen LogP contribution in [0.3, 0.4) is 0 Å². The molecule has 3 rings (SSSR count). The zero-order valence-electron chi connectivity index (χ0n) is 16.0. The van der Waals surface area contributed by atoms with E-state index in [0.717, 1.165) is 23.3 Å². The van der Waals surface area contributed by atoms with Gasteiger partial charge < -0.3 is 20.1 Å². The Labute approximate surface area is 164 Å². The van der Waals surface area contributed by atoms with Crippen molar-refractivity contribution in [3.05, 3.63) is 59.7 Å². The van der Waals surface area contributed by atoms with E-state index in [1.165, 1.54) is 6.08 Å². The molecule has 0 aliphatic carbocycles. The number of amides is 2. The number of carbonyl (C=O) groups is 2. The van der Waals surface area contributed by atoms with Crippen molar-refractivity contribution in [2.45, 2.75) is 26.4 Å². The summed E-state index contributed by atoms with van der Waals surface area (Å²) >= 11 is 0. The summed E-state index contributed by atoms with van der Waals surface area (Å²) in [5.41, 5.74) is 2.56. The fourth-order valence-corrected chi connectivity index (χ4v) is 2.98. The van der Waals surface area contributed by atoms with E-state index in [2.05, 4.69) is 10.6 Å². The van der Waals surface area contributed by atoms with Gasteiger partial charge in [-0.15, -0.1) is 0 Å². The summed E-state index contributed by atoms with van der Waals surface area (Å²) in [5.74, 6) is 0.881. The average Bonchev–Trinajstić information content (AvgIpc) is 3.04. The zero-order chi connectivity index (χ0) is 19.9. The molecule has 1 aliphatic rings. The van der Waals surface area contributed by atoms with Crippen LogP contribution in [0.4, 0.5) is 5.69 Å². The predicted octanol–water partition coefficient (Wildman–Crippen LogP) is 3.18. The molecular formula is C22H24N2O4. The molecule has 0 saturated heterocycles. The van der Waals surface area contributed by atoms with Gasteiger partial charge >= 0.3 is 0 Å². The fraction of sp³-hybridized carbons (Fsp3) is 0.273. The van der Waals surface area contributed by atoms with Crippen LogP contribution in [0.1, 0.15) is 25.0 Å². The van der Waals surface area contributed by atoms with Crippen LogP contribution in [0, 0.1) is 0 Å². The van der Waals surface area contributed by atoms with E-state index in [1.54, 1.807) is 18.2 Å². The maximum absolute atomic E-state index is 12.1. The second kappa shape index (κ2) is 9.08. The molecule has 1 unspecified atom stereocenters. The molecular weight excluding hydrogens is 356 g/mol. The van der Waals surface area contributed by atoms with Gasteiger partial charge in [0, 0.05) is 29.3 Å². The van der Waals surface area contributed by atoms with Gasteiger partial charge in [-0.1, -0.05) is 18.2 Å². The number of rotatable bonds is 7. The van der Waals surface area contributed by atoms with Gasteiger partial charge in [-0.3, -0.25) is 9.59 Å². The molecule has 1 atom stereocenters. The van der Waals surface area contributed by atoms with E-state index in [4.69, 9.17) is 9.47 Å². The third-order valence-corrected chi connectivity index (χ3v) is 4.22. The molecule has 0 spiro atoms. The number of nitrogens with one attached hydrogen (secondary N) is 2. The van der Waals surface area contributed by atoms with Crippen molar-refractivity contribution in [2.24, 2.45) is 0 Å². The lowest BCUT2D eigenvalue weighted by Crippen LogP contribution is -2.31. The molecule has 0 radical (unpaired) electrons. The monoisotopic (exact) mass is 380 g/mol. The van der Waals surface area contributed by atoms with Crippen molar-refractivity contribution in [2.75, 3.05) is 18.5 Å². The van der Waals surface area contributed by atoms with Gasteiger partial charge in [0.2, 0.25) is 11.8 Å². The summed E-state index contributed by atoms with van der Waals surface area (Å²) in [6.07, 6.45) is 4.03. The Bertz CT molecular complexity index is 878. The Balaban J connectivity index is 1.59. The highest BCUT2D eigenvalue weighted by Crippen LogP contribution is 2.35. The SMILES string of the molecule is CCOc1cc2c(cc1C=CC(=O)NCC(=O)Nc1ccccc1)OC(C)C2. The molecule has 1 heterocycles. The van der Waals surface area contributed by atoms with Crippen molar-refractivity contribution < 1.29 is 19.1 Å². The van der Waals surface area contributed by atoms with Gasteiger partial charge in [-0.05, 0) is 44.2 Å². The molecule has 6 nitrogen and oxygen atoms in total. The largest absolute Gasteiger partial charge is 0.493 e. The summed E-state index contributed by atoms with van der Waals surface area (Å²) < 4.78 is 11.5. The minimum Gasteiger partial charge on any atom is -0.493 e. The van der Waals surface area contributed by atoms with Gasteiger partial charge in [0.15, 0.2) is 0 Å². The van der Waals surface area contributed by atoms with Crippen molar-refractivity contribution in [3.8, 4) is 11.5 Å². The lowest BCUT2D eigenvalue weighted by atomic mass is 10.1. The van der Waals surface area contributed by atoms with E-state index in [0.29, 0.717) is 18.0 Å². The molecule has 0 fully saturated rings. The van der Waals surface area contributed by atoms with E-state index in [-0.39, 0.29) is 24.5 Å². The second-order valence-corrected chi connectivity index (χ2v) is 6.53. The molecule has 146 valence electrons. The highest BCUT2D eigenvalue weighted by molar-refractivity contribution is 5.98. The quantitative estimate of drug-likeness (QED) is 0.724. The van der Waals surface area contributed by atoms with E-state index in [1.807, 2.05) is 44.2 Å². The van der Waals surface area contributed by atoms with Crippen LogP contribution in [0.25, 0.3) is 6.08 Å². The van der Waals surface area contributed by atoms with Crippen LogP contribution in [0.5, 0.6) is 11.5 Å². The van der Waals surface area contributed by atoms with Gasteiger partial charge in [-0.25, -0.2) is 0 Å². The number of benzene rings is 2. The van der Waals surface area contributed by atoms with Crippen molar-refractivity contribution in [3.63, 3.8) is 0 Å². The van der Waals surface area contributed by atoms with Gasteiger partial charge in [-0.2, -0.15) is 0 Å². The average molecular weight is 380 g/mol.